The topological polar surface area (TPSA) is 255 Å². The molecule has 3 aliphatic rings. The second-order valence-corrected chi connectivity index (χ2v) is 17.7. The molecule has 5 N–H and O–H groups in total. The van der Waals surface area contributed by atoms with Crippen LogP contribution in [0.1, 0.15) is 18.3 Å². The Hall–Kier alpha value is -1.97. The summed E-state index contributed by atoms with van der Waals surface area (Å²) in [5.74, 6) is 0.0812. The van der Waals surface area contributed by atoms with Gasteiger partial charge in [0.05, 0.1) is 6.33 Å². The number of fused-ring (bicyclic) bond motifs is 4. The molecule has 0 bridgehead atoms. The number of phosphoric acid groups is 1. The van der Waals surface area contributed by atoms with Gasteiger partial charge in [-0.2, -0.15) is 4.98 Å². The summed E-state index contributed by atoms with van der Waals surface area (Å²) in [6, 6.07) is 0. The molecule has 0 aromatic carbocycles. The number of halogens is 4. The van der Waals surface area contributed by atoms with Gasteiger partial charge in [-0.05, 0) is 0 Å². The fourth-order valence-corrected chi connectivity index (χ4v) is 11.2. The van der Waals surface area contributed by atoms with Crippen molar-refractivity contribution in [3.8, 4) is 0 Å². The molecule has 262 valence electrons. The molecule has 7 rings (SSSR count). The van der Waals surface area contributed by atoms with Crippen LogP contribution < -0.4 is 34.4 Å². The third-order valence-corrected chi connectivity index (χ3v) is 13.7. The number of ether oxygens (including phenoxy) is 2. The summed E-state index contributed by atoms with van der Waals surface area (Å²) in [5.41, 5.74) is 4.14. The van der Waals surface area contributed by atoms with Crippen LogP contribution in [-0.4, -0.2) is 103 Å². The van der Waals surface area contributed by atoms with Crippen molar-refractivity contribution in [1.29, 1.82) is 0 Å². The number of H-pyrrole nitrogens is 1. The summed E-state index contributed by atoms with van der Waals surface area (Å²) < 4.78 is 81.9. The Kier molecular flexibility index (Phi) is 9.10. The number of rotatable bonds is 3. The fraction of sp³-hybridized carbons (Fsp3) is 0.500. The van der Waals surface area contributed by atoms with Crippen LogP contribution in [0.15, 0.2) is 22.2 Å². The molecule has 0 amide bonds. The summed E-state index contributed by atoms with van der Waals surface area (Å²) >= 11 is 1.35. The summed E-state index contributed by atoms with van der Waals surface area (Å²) in [5, 5.41) is 0. The summed E-state index contributed by atoms with van der Waals surface area (Å²) in [4.78, 5) is 65.4. The molecule has 3 aliphatic heterocycles. The van der Waals surface area contributed by atoms with Crippen LogP contribution in [0.2, 0.25) is 0 Å². The molecule has 10 atom stereocenters. The quantitative estimate of drug-likeness (QED) is 0.121. The average molecular weight is 944 g/mol. The average Bonchev–Trinajstić information content (AvgIpc) is 3.76. The number of aryl methyl sites for hydroxylation is 1. The van der Waals surface area contributed by atoms with Gasteiger partial charge in [-0.25, -0.2) is 9.37 Å². The van der Waals surface area contributed by atoms with Crippen molar-refractivity contribution in [2.24, 2.45) is 0 Å². The van der Waals surface area contributed by atoms with Gasteiger partial charge in [-0.15, -0.1) is 0 Å². The van der Waals surface area contributed by atoms with Gasteiger partial charge < -0.3 is 10.5 Å². The predicted octanol–water partition coefficient (Wildman–Crippen LogP) is -2.61. The number of nitrogens with one attached hydrogen (secondary N) is 1. The van der Waals surface area contributed by atoms with E-state index in [0.717, 1.165) is 21.8 Å². The standard InChI is InChI=1S/C22H24F2I2N9O11P2/c1-7-30-17-13(19(37)35(7)26-25)29-6-34(17)20-10(23)14-9(44-20)4-42-48(39,40)46-15-8(3-41-47(2,38)45-14)43-21(11(15)24)33-5-28-12-16(33)31-22(27)32-18(12)36/h5-6,8-11,14-15,20-21,38H,2-4H2,1H3,(H,39,40)(H3,27,31,32,36)/q-1/t8-,9-,10+,11?,14?,15+,20-,21-,47?/m1/s1. The Morgan fingerprint density at radius 3 is 2.19 bits per heavy atom. The summed E-state index contributed by atoms with van der Waals surface area (Å²) in [7, 11) is -9.35. The van der Waals surface area contributed by atoms with Crippen LogP contribution in [0.3, 0.4) is 0 Å². The van der Waals surface area contributed by atoms with Crippen LogP contribution in [0, 0.1) is 6.92 Å². The van der Waals surface area contributed by atoms with E-state index in [1.165, 1.54) is 2.78 Å². The van der Waals surface area contributed by atoms with E-state index in [9.17, 15) is 23.9 Å². The van der Waals surface area contributed by atoms with Crippen molar-refractivity contribution in [3.63, 3.8) is 0 Å². The van der Waals surface area contributed by atoms with Crippen LogP contribution in [0.25, 0.3) is 22.3 Å². The van der Waals surface area contributed by atoms with Gasteiger partial charge in [0, 0.05) is 0 Å². The number of nitrogens with two attached hydrogens (primary N) is 1. The van der Waals surface area contributed by atoms with Crippen LogP contribution in [-0.2, 0) is 32.1 Å². The predicted molar refractivity (Wildman–Crippen MR) is 164 cm³/mol. The number of aromatic nitrogens is 8. The molecule has 4 unspecified atom stereocenters. The van der Waals surface area contributed by atoms with Crippen molar-refractivity contribution in [2.75, 3.05) is 18.9 Å². The zero-order valence-corrected chi connectivity index (χ0v) is 30.2. The normalized spacial score (nSPS) is 36.2. The molecule has 4 aromatic heterocycles. The second-order valence-electron chi connectivity index (χ2n) is 10.8. The number of phosphoric ester groups is 1. The number of hydrogen-bond donors (Lipinski definition) is 4. The van der Waals surface area contributed by atoms with E-state index >= 15 is 8.78 Å². The molecular weight excluding hydrogens is 920 g/mol. The number of imidazole rings is 2. The van der Waals surface area contributed by atoms with Crippen molar-refractivity contribution in [2.45, 2.75) is 56.1 Å². The number of nitrogen functional groups attached to an aromatic ring is 1. The van der Waals surface area contributed by atoms with Gasteiger partial charge in [0.2, 0.25) is 5.95 Å². The van der Waals surface area contributed by atoms with E-state index in [-0.39, 0.29) is 28.3 Å². The van der Waals surface area contributed by atoms with E-state index in [1.54, 1.807) is 6.92 Å². The van der Waals surface area contributed by atoms with Gasteiger partial charge in [-0.3, -0.25) is 14.3 Å². The number of anilines is 1. The molecule has 0 spiro atoms. The van der Waals surface area contributed by atoms with Gasteiger partial charge in [0.25, 0.3) is 5.56 Å². The molecule has 26 heteroatoms. The Labute approximate surface area is 286 Å². The molecule has 4 aromatic rings. The summed E-state index contributed by atoms with van der Waals surface area (Å²) in [6.07, 6.45) is -8.31. The molecule has 0 radical (unpaired) electrons. The van der Waals surface area contributed by atoms with Crippen LogP contribution in [0.5, 0.6) is 0 Å². The first-order valence-corrected chi connectivity index (χ1v) is 24.2. The van der Waals surface area contributed by atoms with Crippen molar-refractivity contribution in [1.82, 2.24) is 36.8 Å². The monoisotopic (exact) mass is 944 g/mol. The first-order valence-electron chi connectivity index (χ1n) is 13.7. The van der Waals surface area contributed by atoms with Crippen LogP contribution >= 0.6 is 34.0 Å². The number of alkyl halides is 2. The number of hydrogen-bond acceptors (Lipinski definition) is 15. The third kappa shape index (κ3) is 6.06. The fourth-order valence-electron chi connectivity index (χ4n) is 5.56. The first kappa shape index (κ1) is 34.5. The Bertz CT molecular complexity index is 2130. The Balaban J connectivity index is 1.17. The minimum absolute atomic E-state index is 0.0160. The van der Waals surface area contributed by atoms with E-state index < -0.39 is 106 Å². The van der Waals surface area contributed by atoms with E-state index in [2.05, 4.69) is 49.8 Å². The zero-order chi connectivity index (χ0) is 34.3. The second kappa shape index (κ2) is 12.7. The van der Waals surface area contributed by atoms with E-state index in [1.807, 2.05) is 0 Å². The Morgan fingerprint density at radius 1 is 1.00 bits per heavy atom. The molecule has 3 fully saturated rings. The van der Waals surface area contributed by atoms with Gasteiger partial charge >= 0.3 is 195 Å². The Morgan fingerprint density at radius 2 is 1.56 bits per heavy atom. The zero-order valence-electron chi connectivity index (χ0n) is 24.1. The maximum absolute atomic E-state index is 16.2. The van der Waals surface area contributed by atoms with Crippen molar-refractivity contribution in [3.05, 3.63) is 39.2 Å². The third-order valence-electron chi connectivity index (χ3n) is 7.68. The van der Waals surface area contributed by atoms with Crippen molar-refractivity contribution >= 4 is 68.6 Å². The van der Waals surface area contributed by atoms with Gasteiger partial charge in [0.15, 0.2) is 23.6 Å². The molecule has 7 heterocycles. The van der Waals surface area contributed by atoms with Crippen molar-refractivity contribution < 1.29 is 68.2 Å². The molecule has 0 aliphatic carbocycles. The van der Waals surface area contributed by atoms with E-state index in [0.29, 0.717) is 5.82 Å². The molecular formula is C22H24F2I2N9O11P2-. The summed E-state index contributed by atoms with van der Waals surface area (Å²) in [6.45, 7) is 0.0381. The van der Waals surface area contributed by atoms with Crippen LogP contribution in [0.4, 0.5) is 14.7 Å². The molecule has 48 heavy (non-hydrogen) atoms. The molecule has 0 saturated carbocycles. The van der Waals surface area contributed by atoms with E-state index in [4.69, 9.17) is 33.3 Å². The number of aromatic amines is 1. The minimum atomic E-state index is -5.15. The SMILES string of the molecule is C=P1(O)OC[C@H]2O[C@@H](n3cnc4c(=O)[nH]c(N)nc43)C(F)[C@H]2OP(=O)(O)OC[C@H]2O[C@@H](n3cnc4c(=O)n([I-]I)c(C)nc43)[C@@H](F)C2O1. The molecule has 20 nitrogen and oxygen atoms in total. The number of nitrogens with zero attached hydrogens (tertiary/aromatic N) is 7. The van der Waals surface area contributed by atoms with Gasteiger partial charge in [0.1, 0.15) is 12.2 Å². The molecule has 3 saturated heterocycles. The maximum atomic E-state index is 16.2. The van der Waals surface area contributed by atoms with Gasteiger partial charge in [-0.1, -0.05) is 0 Å². The first-order chi connectivity index (χ1) is 22.7.